The van der Waals surface area contributed by atoms with Crippen molar-refractivity contribution in [3.63, 3.8) is 0 Å². The van der Waals surface area contributed by atoms with Crippen molar-refractivity contribution in [2.75, 3.05) is 13.3 Å². The molecule has 0 fully saturated rings. The molecule has 0 bridgehead atoms. The summed E-state index contributed by atoms with van der Waals surface area (Å²) in [4.78, 5) is 4.22. The van der Waals surface area contributed by atoms with Gasteiger partial charge in [0.05, 0.1) is 22.1 Å². The summed E-state index contributed by atoms with van der Waals surface area (Å²) < 4.78 is 4.73. The topological polar surface area (TPSA) is 22.8 Å². The van der Waals surface area contributed by atoms with Crippen LogP contribution in [0.5, 0.6) is 0 Å². The second kappa shape index (κ2) is 17.5. The molecule has 1 radical (unpaired) electrons. The number of benzene rings is 7. The fourth-order valence-electron chi connectivity index (χ4n) is 7.09. The number of hydrogen-bond acceptors (Lipinski definition) is 1. The molecule has 10 rings (SSSR count). The Hall–Kier alpha value is -5.20. The van der Waals surface area contributed by atoms with Crippen molar-refractivity contribution >= 4 is 60.2 Å². The molecule has 271 valence electrons. The maximum absolute atomic E-state index is 4.22. The minimum Gasteiger partial charge on any atom is -0.309 e. The third-order valence-corrected chi connectivity index (χ3v) is 9.36. The third-order valence-electron chi connectivity index (χ3n) is 9.36. The molecule has 0 aliphatic heterocycles. The van der Waals surface area contributed by atoms with Gasteiger partial charge in [-0.25, -0.2) is 0 Å². The van der Waals surface area contributed by atoms with Crippen molar-refractivity contribution in [3.05, 3.63) is 200 Å². The quantitative estimate of drug-likeness (QED) is 0.127. The van der Waals surface area contributed by atoms with Gasteiger partial charge < -0.3 is 14.1 Å². The van der Waals surface area contributed by atoms with Crippen LogP contribution in [0.2, 0.25) is 0 Å². The van der Waals surface area contributed by atoms with Crippen molar-refractivity contribution in [3.8, 4) is 33.8 Å². The fraction of sp³-hybridized carbons (Fsp3) is 0.0408. The van der Waals surface area contributed by atoms with E-state index in [1.54, 1.807) is 6.20 Å². The number of aromatic nitrogens is 3. The van der Waals surface area contributed by atoms with Crippen molar-refractivity contribution in [2.24, 2.45) is 0 Å². The first-order valence-electron chi connectivity index (χ1n) is 18.0. The Morgan fingerprint density at radius 1 is 0.473 bits per heavy atom. The monoisotopic (exact) mass is 925 g/mol. The summed E-state index contributed by atoms with van der Waals surface area (Å²) in [5.74, 6) is 0. The zero-order chi connectivity index (χ0) is 36.9. The van der Waals surface area contributed by atoms with Crippen molar-refractivity contribution in [1.29, 1.82) is 0 Å². The Morgan fingerprint density at radius 2 is 0.909 bits per heavy atom. The van der Waals surface area contributed by atoms with Gasteiger partial charge in [-0.1, -0.05) is 105 Å². The third kappa shape index (κ3) is 8.11. The molecule has 0 N–H and O–H groups in total. The van der Waals surface area contributed by atoms with Crippen LogP contribution in [0.15, 0.2) is 194 Å². The predicted octanol–water partition coefficient (Wildman–Crippen LogP) is 13.6. The molecule has 55 heavy (non-hydrogen) atoms. The summed E-state index contributed by atoms with van der Waals surface area (Å²) in [5, 5.41) is 5.09. The van der Waals surface area contributed by atoms with E-state index in [9.17, 15) is 0 Å². The van der Waals surface area contributed by atoms with Crippen LogP contribution >= 0.6 is 16.5 Å². The first kappa shape index (κ1) is 38.1. The maximum atomic E-state index is 4.22. The number of para-hydroxylation sites is 4. The Balaban J connectivity index is 0.000000229. The van der Waals surface area contributed by atoms with Gasteiger partial charge in [-0.15, -0.1) is 44.8 Å². The van der Waals surface area contributed by atoms with Crippen LogP contribution < -0.4 is 0 Å². The molecule has 0 spiro atoms. The number of pyridine rings is 1. The van der Waals surface area contributed by atoms with Gasteiger partial charge in [0.2, 0.25) is 0 Å². The van der Waals surface area contributed by atoms with E-state index in [1.807, 2.05) is 42.5 Å². The Morgan fingerprint density at radius 3 is 1.36 bits per heavy atom. The first-order chi connectivity index (χ1) is 26.6. The molecule has 3 nitrogen and oxygen atoms in total. The zero-order valence-electron chi connectivity index (χ0n) is 30.7. The molecule has 1 atom stereocenters. The number of nitrogens with zero attached hydrogens (tertiary/aromatic N) is 3. The minimum absolute atomic E-state index is 0. The number of hydrogen-bond donors (Lipinski definition) is 0. The summed E-state index contributed by atoms with van der Waals surface area (Å²) in [5.41, 5.74) is 11.7. The Kier molecular flexibility index (Phi) is 12.1. The summed E-state index contributed by atoms with van der Waals surface area (Å²) in [6.45, 7) is 4.39. The van der Waals surface area contributed by atoms with Gasteiger partial charge in [0.25, 0.3) is 0 Å². The van der Waals surface area contributed by atoms with Crippen LogP contribution in [0.4, 0.5) is 0 Å². The molecule has 3 aromatic heterocycles. The second-order valence-electron chi connectivity index (χ2n) is 13.3. The van der Waals surface area contributed by atoms with Crippen LogP contribution in [-0.2, 0) is 20.1 Å². The van der Waals surface area contributed by atoms with Gasteiger partial charge in [0.15, 0.2) is 0 Å². The van der Waals surface area contributed by atoms with Gasteiger partial charge in [-0.05, 0) is 96.9 Å². The van der Waals surface area contributed by atoms with Crippen molar-refractivity contribution < 1.29 is 20.1 Å². The molecule has 10 aromatic rings. The van der Waals surface area contributed by atoms with Gasteiger partial charge in [0, 0.05) is 59.2 Å². The molecule has 3 heterocycles. The second-order valence-corrected chi connectivity index (χ2v) is 18.3. The molecule has 0 aliphatic carbocycles. The van der Waals surface area contributed by atoms with Crippen LogP contribution in [0.3, 0.4) is 0 Å². The van der Waals surface area contributed by atoms with Crippen molar-refractivity contribution in [2.45, 2.75) is 0 Å². The normalized spacial score (nSPS) is 10.8. The average molecular weight is 925 g/mol. The SMILES string of the molecule is CP(C)P.[Ir].[c-]1ccccc1-c1ccccn1.c1ccc(-n2c3ccccc3c3cc(-c4ccc5c(c4)c4ccccc4n5-c4ccccc4)ccc32)cc1. The summed E-state index contributed by atoms with van der Waals surface area (Å²) in [6, 6.07) is 69.3. The Bertz CT molecular complexity index is 2600. The van der Waals surface area contributed by atoms with Crippen LogP contribution in [0, 0.1) is 6.07 Å². The predicted molar refractivity (Wildman–Crippen MR) is 238 cm³/mol. The largest absolute Gasteiger partial charge is 0.309 e. The summed E-state index contributed by atoms with van der Waals surface area (Å²) >= 11 is 0. The van der Waals surface area contributed by atoms with Gasteiger partial charge >= 0.3 is 0 Å². The Labute approximate surface area is 339 Å². The molecule has 0 saturated carbocycles. The van der Waals surface area contributed by atoms with E-state index in [-0.39, 0.29) is 20.1 Å². The summed E-state index contributed by atoms with van der Waals surface area (Å²) in [6.07, 6.45) is 1.79. The molecule has 0 aliphatic rings. The number of rotatable bonds is 4. The molecular formula is C49H40IrN3P2-. The molecule has 0 amide bonds. The van der Waals surface area contributed by atoms with E-state index >= 15 is 0 Å². The fourth-order valence-corrected chi connectivity index (χ4v) is 7.09. The van der Waals surface area contributed by atoms with Crippen LogP contribution in [0.25, 0.3) is 77.4 Å². The smallest absolute Gasteiger partial charge is 0.0541 e. The minimum atomic E-state index is 0. The van der Waals surface area contributed by atoms with E-state index in [0.29, 0.717) is 7.61 Å². The van der Waals surface area contributed by atoms with Gasteiger partial charge in [0.1, 0.15) is 0 Å². The van der Waals surface area contributed by atoms with E-state index in [4.69, 9.17) is 0 Å². The standard InChI is InChI=1S/C36H24N2.C11H8N.C2H8P2.Ir/c1-3-11-27(12-4-1)37-33-17-9-7-15-29(33)31-23-25(19-21-35(31)37)26-20-22-36-32(24-26)30-16-8-10-18-34(30)38(36)28-13-5-2-6-14-28;1-2-6-10(7-3-1)11-8-4-5-9-12-11;1-4(2)3;/h1-24H;1-6,8-9H;3H2,1-2H3;/q;-1;;. The molecule has 7 aromatic carbocycles. The van der Waals surface area contributed by atoms with Crippen LogP contribution in [0.1, 0.15) is 0 Å². The molecule has 1 unspecified atom stereocenters. The number of fused-ring (bicyclic) bond motifs is 6. The zero-order valence-corrected chi connectivity index (χ0v) is 35.1. The van der Waals surface area contributed by atoms with Crippen LogP contribution in [-0.4, -0.2) is 27.4 Å². The van der Waals surface area contributed by atoms with E-state index in [2.05, 4.69) is 188 Å². The molecular weight excluding hydrogens is 885 g/mol. The van der Waals surface area contributed by atoms with Gasteiger partial charge in [-0.3, -0.25) is 0 Å². The average Bonchev–Trinajstić information content (AvgIpc) is 3.74. The van der Waals surface area contributed by atoms with E-state index in [1.165, 1.54) is 66.1 Å². The van der Waals surface area contributed by atoms with Gasteiger partial charge in [-0.2, -0.15) is 0 Å². The summed E-state index contributed by atoms with van der Waals surface area (Å²) in [7, 11) is 3.02. The molecule has 6 heteroatoms. The van der Waals surface area contributed by atoms with E-state index in [0.717, 1.165) is 11.3 Å². The van der Waals surface area contributed by atoms with E-state index < -0.39 is 0 Å². The maximum Gasteiger partial charge on any atom is 0.0541 e. The van der Waals surface area contributed by atoms with Crippen molar-refractivity contribution in [1.82, 2.24) is 14.1 Å². The first-order valence-corrected chi connectivity index (χ1v) is 21.9. The molecule has 0 saturated heterocycles.